The molecular weight excluding hydrogens is 312 g/mol. The summed E-state index contributed by atoms with van der Waals surface area (Å²) in [5.74, 6) is 0.854. The third-order valence-electron chi connectivity index (χ3n) is 3.28. The van der Waals surface area contributed by atoms with Gasteiger partial charge in [-0.3, -0.25) is 4.79 Å². The molecule has 1 fully saturated rings. The first-order valence-electron chi connectivity index (χ1n) is 6.25. The van der Waals surface area contributed by atoms with E-state index in [1.54, 1.807) is 0 Å². The Kier molecular flexibility index (Phi) is 4.82. The second-order valence-corrected chi connectivity index (χ2v) is 5.58. The number of carbonyl (C=O) groups is 1. The molecule has 1 saturated carbocycles. The van der Waals surface area contributed by atoms with Crippen LogP contribution in [-0.2, 0) is 16.0 Å². The van der Waals surface area contributed by atoms with E-state index in [4.69, 9.17) is 14.6 Å². The molecule has 1 aromatic rings. The summed E-state index contributed by atoms with van der Waals surface area (Å²) in [6.45, 7) is 0.598. The Morgan fingerprint density at radius 1 is 1.53 bits per heavy atom. The zero-order valence-electron chi connectivity index (χ0n) is 10.8. The number of hydrogen-bond donors (Lipinski definition) is 1. The van der Waals surface area contributed by atoms with Crippen LogP contribution in [0.1, 0.15) is 12.0 Å². The Balaban J connectivity index is 1.91. The van der Waals surface area contributed by atoms with Crippen molar-refractivity contribution in [1.29, 1.82) is 0 Å². The van der Waals surface area contributed by atoms with E-state index in [1.165, 1.54) is 7.11 Å². The minimum absolute atomic E-state index is 0.0123. The molecule has 0 unspecified atom stereocenters. The van der Waals surface area contributed by atoms with Gasteiger partial charge in [0.1, 0.15) is 5.75 Å². The van der Waals surface area contributed by atoms with E-state index in [2.05, 4.69) is 15.9 Å². The van der Waals surface area contributed by atoms with E-state index in [0.29, 0.717) is 13.0 Å². The molecule has 104 valence electrons. The highest BCUT2D eigenvalue weighted by Crippen LogP contribution is 2.40. The number of aliphatic hydroxyl groups is 1. The summed E-state index contributed by atoms with van der Waals surface area (Å²) in [4.78, 5) is 11.3. The summed E-state index contributed by atoms with van der Waals surface area (Å²) in [6, 6.07) is 5.72. The minimum atomic E-state index is -0.153. The maximum Gasteiger partial charge on any atom is 0.309 e. The first-order chi connectivity index (χ1) is 9.15. The maximum absolute atomic E-state index is 11.3. The lowest BCUT2D eigenvalue weighted by Gasteiger charge is -2.11. The zero-order chi connectivity index (χ0) is 13.8. The van der Waals surface area contributed by atoms with Crippen molar-refractivity contribution in [3.05, 3.63) is 28.2 Å². The first-order valence-corrected chi connectivity index (χ1v) is 7.05. The average molecular weight is 329 g/mol. The first kappa shape index (κ1) is 14.3. The summed E-state index contributed by atoms with van der Waals surface area (Å²) in [5.41, 5.74) is 0.965. The van der Waals surface area contributed by atoms with Crippen molar-refractivity contribution in [2.45, 2.75) is 12.8 Å². The zero-order valence-corrected chi connectivity index (χ0v) is 12.4. The molecule has 0 spiro atoms. The van der Waals surface area contributed by atoms with Crippen LogP contribution >= 0.6 is 15.9 Å². The smallest absolute Gasteiger partial charge is 0.309 e. The molecule has 0 heterocycles. The number of esters is 1. The quantitative estimate of drug-likeness (QED) is 0.813. The van der Waals surface area contributed by atoms with Gasteiger partial charge < -0.3 is 14.6 Å². The molecule has 0 saturated heterocycles. The largest absolute Gasteiger partial charge is 0.493 e. The second-order valence-electron chi connectivity index (χ2n) is 4.66. The Bertz CT molecular complexity index is 461. The maximum atomic E-state index is 11.3. The lowest BCUT2D eigenvalue weighted by Crippen LogP contribution is -2.09. The fraction of sp³-hybridized carbons (Fsp3) is 0.500. The third kappa shape index (κ3) is 3.70. The highest BCUT2D eigenvalue weighted by Gasteiger charge is 2.44. The van der Waals surface area contributed by atoms with Crippen LogP contribution in [0.3, 0.4) is 0 Å². The monoisotopic (exact) mass is 328 g/mol. The molecule has 2 rings (SSSR count). The van der Waals surface area contributed by atoms with Gasteiger partial charge in [-0.05, 0) is 36.6 Å². The predicted octanol–water partition coefficient (Wildman–Crippen LogP) is 2.17. The summed E-state index contributed by atoms with van der Waals surface area (Å²) >= 11 is 3.40. The lowest BCUT2D eigenvalue weighted by atomic mass is 10.1. The number of ether oxygens (including phenoxy) is 2. The number of benzene rings is 1. The van der Waals surface area contributed by atoms with E-state index < -0.39 is 0 Å². The molecule has 1 aromatic carbocycles. The van der Waals surface area contributed by atoms with Crippen molar-refractivity contribution in [1.82, 2.24) is 0 Å². The van der Waals surface area contributed by atoms with Crippen molar-refractivity contribution in [3.63, 3.8) is 0 Å². The fourth-order valence-electron chi connectivity index (χ4n) is 2.07. The molecule has 2 atom stereocenters. The number of aliphatic hydroxyl groups excluding tert-OH is 1. The highest BCUT2D eigenvalue weighted by atomic mass is 79.9. The molecule has 0 aromatic heterocycles. The lowest BCUT2D eigenvalue weighted by molar-refractivity contribution is -0.142. The second kappa shape index (κ2) is 6.39. The number of hydrogen-bond acceptors (Lipinski definition) is 4. The van der Waals surface area contributed by atoms with Crippen molar-refractivity contribution in [3.8, 4) is 5.75 Å². The minimum Gasteiger partial charge on any atom is -0.493 e. The number of halogens is 1. The molecule has 1 N–H and O–H groups in total. The van der Waals surface area contributed by atoms with Crippen LogP contribution in [0, 0.1) is 11.8 Å². The van der Waals surface area contributed by atoms with Crippen LogP contribution in [0.4, 0.5) is 0 Å². The van der Waals surface area contributed by atoms with Crippen molar-refractivity contribution < 1.29 is 19.4 Å². The van der Waals surface area contributed by atoms with Gasteiger partial charge in [0.25, 0.3) is 0 Å². The van der Waals surface area contributed by atoms with E-state index in [9.17, 15) is 4.79 Å². The molecule has 19 heavy (non-hydrogen) atoms. The number of carbonyl (C=O) groups excluding carboxylic acids is 1. The van der Waals surface area contributed by atoms with E-state index in [1.807, 2.05) is 18.2 Å². The van der Waals surface area contributed by atoms with Gasteiger partial charge in [0.15, 0.2) is 0 Å². The van der Waals surface area contributed by atoms with E-state index in [0.717, 1.165) is 22.2 Å². The predicted molar refractivity (Wildman–Crippen MR) is 74.0 cm³/mol. The van der Waals surface area contributed by atoms with Crippen LogP contribution in [0.25, 0.3) is 0 Å². The van der Waals surface area contributed by atoms with Crippen molar-refractivity contribution in [2.75, 3.05) is 20.3 Å². The van der Waals surface area contributed by atoms with Gasteiger partial charge in [-0.2, -0.15) is 0 Å². The van der Waals surface area contributed by atoms with Gasteiger partial charge in [0.05, 0.1) is 19.6 Å². The highest BCUT2D eigenvalue weighted by molar-refractivity contribution is 9.10. The van der Waals surface area contributed by atoms with Crippen LogP contribution < -0.4 is 4.74 Å². The van der Waals surface area contributed by atoms with E-state index >= 15 is 0 Å². The molecule has 5 heteroatoms. The van der Waals surface area contributed by atoms with Gasteiger partial charge in [-0.25, -0.2) is 0 Å². The number of methoxy groups -OCH3 is 1. The normalized spacial score (nSPS) is 21.0. The van der Waals surface area contributed by atoms with Crippen LogP contribution in [0.15, 0.2) is 22.7 Å². The summed E-state index contributed by atoms with van der Waals surface area (Å²) < 4.78 is 11.4. The summed E-state index contributed by atoms with van der Waals surface area (Å²) in [5, 5.41) is 9.04. The average Bonchev–Trinajstić information content (AvgIpc) is 3.17. The molecule has 0 aliphatic heterocycles. The Hall–Kier alpha value is -1.07. The molecule has 0 amide bonds. The molecular formula is C14H17BrO4. The third-order valence-corrected chi connectivity index (χ3v) is 3.78. The fourth-order valence-corrected chi connectivity index (χ4v) is 2.48. The Morgan fingerprint density at radius 2 is 2.32 bits per heavy atom. The Morgan fingerprint density at radius 3 is 3.00 bits per heavy atom. The molecule has 1 aliphatic rings. The summed E-state index contributed by atoms with van der Waals surface area (Å²) in [7, 11) is 1.41. The molecule has 1 aliphatic carbocycles. The summed E-state index contributed by atoms with van der Waals surface area (Å²) in [6.07, 6.45) is 1.39. The SMILES string of the molecule is COC(=O)[C@@H]1C[C@H]1COc1ccc(Br)cc1CCO. The number of rotatable bonds is 6. The van der Waals surface area contributed by atoms with Crippen molar-refractivity contribution >= 4 is 21.9 Å². The Labute approximate surface area is 120 Å². The van der Waals surface area contributed by atoms with Gasteiger partial charge >= 0.3 is 5.97 Å². The van der Waals surface area contributed by atoms with Crippen LogP contribution in [-0.4, -0.2) is 31.4 Å². The van der Waals surface area contributed by atoms with E-state index in [-0.39, 0.29) is 24.4 Å². The van der Waals surface area contributed by atoms with Crippen LogP contribution in [0.5, 0.6) is 5.75 Å². The van der Waals surface area contributed by atoms with Crippen molar-refractivity contribution in [2.24, 2.45) is 11.8 Å². The molecule has 0 radical (unpaired) electrons. The van der Waals surface area contributed by atoms with Gasteiger partial charge in [-0.1, -0.05) is 15.9 Å². The van der Waals surface area contributed by atoms with Gasteiger partial charge in [-0.15, -0.1) is 0 Å². The van der Waals surface area contributed by atoms with Gasteiger partial charge in [0, 0.05) is 17.0 Å². The van der Waals surface area contributed by atoms with Gasteiger partial charge in [0.2, 0.25) is 0 Å². The molecule has 0 bridgehead atoms. The molecule has 4 nitrogen and oxygen atoms in total. The van der Waals surface area contributed by atoms with Crippen LogP contribution in [0.2, 0.25) is 0 Å². The standard InChI is InChI=1S/C14H17BrO4/c1-18-14(17)12-7-10(12)8-19-13-3-2-11(15)6-9(13)4-5-16/h2-3,6,10,12,16H,4-5,7-8H2,1H3/t10-,12+/m0/s1. The topological polar surface area (TPSA) is 55.8 Å².